The molecule has 0 radical (unpaired) electrons. The van der Waals surface area contributed by atoms with Gasteiger partial charge < -0.3 is 0 Å². The van der Waals surface area contributed by atoms with E-state index in [-0.39, 0.29) is 0 Å². The Morgan fingerprint density at radius 3 is 1.79 bits per heavy atom. The maximum absolute atomic E-state index is 4.49. The van der Waals surface area contributed by atoms with Gasteiger partial charge in [-0.25, -0.2) is 0 Å². The van der Waals surface area contributed by atoms with Crippen molar-refractivity contribution >= 4 is 22.1 Å². The van der Waals surface area contributed by atoms with Crippen molar-refractivity contribution in [1.29, 1.82) is 0 Å². The van der Waals surface area contributed by atoms with Gasteiger partial charge in [0.15, 0.2) is 0 Å². The minimum atomic E-state index is -2.33. The van der Waals surface area contributed by atoms with Crippen molar-refractivity contribution in [3.8, 4) is 0 Å². The fourth-order valence-corrected chi connectivity index (χ4v) is 17.7. The van der Waals surface area contributed by atoms with Crippen LogP contribution in [0.25, 0.3) is 0 Å². The Morgan fingerprint density at radius 2 is 1.42 bits per heavy atom. The molecule has 0 unspecified atom stereocenters. The van der Waals surface area contributed by atoms with Crippen molar-refractivity contribution < 1.29 is 0 Å². The van der Waals surface area contributed by atoms with E-state index in [2.05, 4.69) is 36.0 Å². The van der Waals surface area contributed by atoms with Crippen LogP contribution < -0.4 is 3.71 Å². The topological polar surface area (TPSA) is 38.7 Å². The molecule has 0 saturated heterocycles. The van der Waals surface area contributed by atoms with Gasteiger partial charge in [-0.3, -0.25) is 0 Å². The summed E-state index contributed by atoms with van der Waals surface area (Å²) in [6.45, 7) is 6.89. The predicted molar refractivity (Wildman–Crippen MR) is 84.4 cm³/mol. The van der Waals surface area contributed by atoms with E-state index in [0.717, 1.165) is 0 Å². The van der Waals surface area contributed by atoms with Crippen molar-refractivity contribution in [3.63, 3.8) is 0 Å². The molecule has 3 nitrogen and oxygen atoms in total. The molecule has 0 saturated carbocycles. The molecule has 19 heavy (non-hydrogen) atoms. The Balaban J connectivity index is 2.94. The van der Waals surface area contributed by atoms with Crippen molar-refractivity contribution in [2.24, 2.45) is 0 Å². The molecule has 0 bridgehead atoms. The average Bonchev–Trinajstić information content (AvgIpc) is 2.48. The van der Waals surface area contributed by atoms with E-state index in [4.69, 9.17) is 0 Å². The molecule has 0 aliphatic heterocycles. The zero-order valence-electron chi connectivity index (χ0n) is 12.9. The zero-order chi connectivity index (χ0) is 14.0. The van der Waals surface area contributed by atoms with Gasteiger partial charge in [-0.1, -0.05) is 0 Å². The van der Waals surface area contributed by atoms with Crippen molar-refractivity contribution in [2.75, 3.05) is 0 Å². The second-order valence-corrected chi connectivity index (χ2v) is 18.6. The molecule has 1 aromatic heterocycles. The van der Waals surface area contributed by atoms with E-state index >= 15 is 0 Å². The molecule has 1 heterocycles. The van der Waals surface area contributed by atoms with Crippen LogP contribution in [0.3, 0.4) is 0 Å². The third-order valence-electron chi connectivity index (χ3n) is 4.05. The van der Waals surface area contributed by atoms with Crippen LogP contribution in [0.5, 0.6) is 0 Å². The number of hydrogen-bond acceptors (Lipinski definition) is 3. The molecule has 0 aliphatic carbocycles. The van der Waals surface area contributed by atoms with Crippen LogP contribution in [0.15, 0.2) is 12.5 Å². The minimum absolute atomic E-state index is 1.30. The Kier molecular flexibility index (Phi) is 8.58. The maximum atomic E-state index is 4.49. The van der Waals surface area contributed by atoms with E-state index in [0.29, 0.717) is 0 Å². The number of unbranched alkanes of at least 4 members (excludes halogenated alkanes) is 3. The summed E-state index contributed by atoms with van der Waals surface area (Å²) in [7, 11) is 0. The van der Waals surface area contributed by atoms with Gasteiger partial charge in [-0.05, 0) is 0 Å². The molecular weight excluding hydrogens is 341 g/mol. The molecule has 0 amide bonds. The second-order valence-electron chi connectivity index (χ2n) is 5.59. The molecule has 108 valence electrons. The van der Waals surface area contributed by atoms with Crippen LogP contribution in [0.2, 0.25) is 13.3 Å². The third-order valence-corrected chi connectivity index (χ3v) is 19.0. The average molecular weight is 370 g/mol. The van der Waals surface area contributed by atoms with E-state index in [1.807, 2.05) is 6.20 Å². The Bertz CT molecular complexity index is 308. The fourth-order valence-electron chi connectivity index (χ4n) is 2.80. The van der Waals surface area contributed by atoms with Crippen molar-refractivity contribution in [1.82, 2.24) is 15.2 Å². The predicted octanol–water partition coefficient (Wildman–Crippen LogP) is 3.93. The molecule has 1 aromatic rings. The summed E-state index contributed by atoms with van der Waals surface area (Å²) >= 11 is -2.33. The van der Waals surface area contributed by atoms with Crippen LogP contribution in [0.1, 0.15) is 59.3 Å². The molecule has 0 aromatic carbocycles. The van der Waals surface area contributed by atoms with Crippen LogP contribution in [-0.2, 0) is 0 Å². The first-order valence-electron chi connectivity index (χ1n) is 7.92. The molecule has 4 heteroatoms. The Hall–Kier alpha value is -0.191. The van der Waals surface area contributed by atoms with E-state index < -0.39 is 18.4 Å². The number of aromatic nitrogens is 3. The van der Waals surface area contributed by atoms with Crippen LogP contribution >= 0.6 is 0 Å². The van der Waals surface area contributed by atoms with Crippen LogP contribution in [0.4, 0.5) is 0 Å². The van der Waals surface area contributed by atoms with Gasteiger partial charge >= 0.3 is 122 Å². The van der Waals surface area contributed by atoms with Gasteiger partial charge in [0.1, 0.15) is 0 Å². The zero-order valence-corrected chi connectivity index (χ0v) is 15.7. The van der Waals surface area contributed by atoms with Gasteiger partial charge in [0.05, 0.1) is 0 Å². The third kappa shape index (κ3) is 5.36. The van der Waals surface area contributed by atoms with E-state index in [1.165, 1.54) is 55.5 Å². The number of nitrogens with zero attached hydrogens (tertiary/aromatic N) is 3. The monoisotopic (exact) mass is 371 g/mol. The molecule has 0 N–H and O–H groups in total. The SMILES string of the molecule is CCC[CH2][Sn]([CH2]CCC)([CH2]CCC)[c]1cncnn1. The first-order valence-corrected chi connectivity index (χ1v) is 15.4. The summed E-state index contributed by atoms with van der Waals surface area (Å²) in [5.74, 6) is 0. The van der Waals surface area contributed by atoms with Crippen molar-refractivity contribution in [3.05, 3.63) is 12.5 Å². The standard InChI is InChI=1S/3C4H9.C3H2N3.Sn/c3*1-3-4-2;1-2-5-6-3-4-1;/h3*1,3-4H2,2H3;1,3H;. The molecule has 0 spiro atoms. The summed E-state index contributed by atoms with van der Waals surface area (Å²) in [6, 6.07) is 0. The van der Waals surface area contributed by atoms with Gasteiger partial charge in [-0.15, -0.1) is 0 Å². The first kappa shape index (κ1) is 16.9. The Labute approximate surface area is 122 Å². The first-order chi connectivity index (χ1) is 9.29. The van der Waals surface area contributed by atoms with Crippen LogP contribution in [-0.4, -0.2) is 33.6 Å². The van der Waals surface area contributed by atoms with Crippen molar-refractivity contribution in [2.45, 2.75) is 72.6 Å². The van der Waals surface area contributed by atoms with Gasteiger partial charge in [0.2, 0.25) is 0 Å². The summed E-state index contributed by atoms with van der Waals surface area (Å²) in [5, 5.41) is 8.56. The number of hydrogen-bond donors (Lipinski definition) is 0. The summed E-state index contributed by atoms with van der Waals surface area (Å²) in [6.07, 6.45) is 11.6. The summed E-state index contributed by atoms with van der Waals surface area (Å²) < 4.78 is 5.63. The Morgan fingerprint density at radius 1 is 0.895 bits per heavy atom. The molecule has 0 aliphatic rings. The summed E-state index contributed by atoms with van der Waals surface area (Å²) in [5.41, 5.74) is 0. The van der Waals surface area contributed by atoms with Gasteiger partial charge in [-0.2, -0.15) is 0 Å². The molecule has 1 rings (SSSR count). The normalized spacial score (nSPS) is 11.7. The molecular formula is C15H29N3Sn. The fraction of sp³-hybridized carbons (Fsp3) is 0.800. The summed E-state index contributed by atoms with van der Waals surface area (Å²) in [4.78, 5) is 4.25. The van der Waals surface area contributed by atoms with Crippen LogP contribution in [0, 0.1) is 0 Å². The second kappa shape index (κ2) is 9.67. The van der Waals surface area contributed by atoms with Gasteiger partial charge in [0.25, 0.3) is 0 Å². The number of rotatable bonds is 10. The van der Waals surface area contributed by atoms with Gasteiger partial charge in [0, 0.05) is 0 Å². The van der Waals surface area contributed by atoms with E-state index in [9.17, 15) is 0 Å². The molecule has 0 atom stereocenters. The molecule has 0 fully saturated rings. The quantitative estimate of drug-likeness (QED) is 0.586. The van der Waals surface area contributed by atoms with E-state index in [1.54, 1.807) is 6.33 Å².